The average Bonchev–Trinajstić information content (AvgIpc) is 2.20. The smallest absolute Gasteiger partial charge is 0.254 e. The molecule has 1 aromatic heterocycles. The molecule has 0 aliphatic carbocycles. The van der Waals surface area contributed by atoms with Crippen LogP contribution < -0.4 is 5.56 Å². The van der Waals surface area contributed by atoms with Crippen molar-refractivity contribution >= 4 is 15.9 Å². The zero-order valence-electron chi connectivity index (χ0n) is 8.49. The highest BCUT2D eigenvalue weighted by molar-refractivity contribution is 9.10. The number of benzene rings is 1. The third-order valence-corrected chi connectivity index (χ3v) is 3.03. The number of aromatic nitrogens is 2. The van der Waals surface area contributed by atoms with Crippen molar-refractivity contribution in [3.63, 3.8) is 0 Å². The first-order chi connectivity index (χ1) is 7.56. The fourth-order valence-electron chi connectivity index (χ4n) is 1.32. The molecule has 0 saturated carbocycles. The van der Waals surface area contributed by atoms with Crippen LogP contribution in [0.5, 0.6) is 5.88 Å². The van der Waals surface area contributed by atoms with Crippen molar-refractivity contribution in [2.45, 2.75) is 6.92 Å². The van der Waals surface area contributed by atoms with E-state index in [1.165, 1.54) is 0 Å². The molecule has 1 heterocycles. The van der Waals surface area contributed by atoms with E-state index in [1.54, 1.807) is 0 Å². The molecule has 0 atom stereocenters. The van der Waals surface area contributed by atoms with Crippen LogP contribution in [0.2, 0.25) is 0 Å². The first kappa shape index (κ1) is 10.9. The summed E-state index contributed by atoms with van der Waals surface area (Å²) in [5, 5.41) is 9.24. The van der Waals surface area contributed by atoms with Crippen LogP contribution in [0.3, 0.4) is 0 Å². The molecule has 0 unspecified atom stereocenters. The fourth-order valence-corrected chi connectivity index (χ4v) is 1.70. The average molecular weight is 281 g/mol. The van der Waals surface area contributed by atoms with Crippen molar-refractivity contribution in [2.75, 3.05) is 0 Å². The van der Waals surface area contributed by atoms with Crippen molar-refractivity contribution in [3.8, 4) is 17.3 Å². The van der Waals surface area contributed by atoms with Crippen LogP contribution in [0.25, 0.3) is 11.4 Å². The van der Waals surface area contributed by atoms with Gasteiger partial charge >= 0.3 is 0 Å². The highest BCUT2D eigenvalue weighted by Gasteiger charge is 2.04. The molecule has 0 bridgehead atoms. The van der Waals surface area contributed by atoms with Gasteiger partial charge < -0.3 is 10.1 Å². The van der Waals surface area contributed by atoms with Gasteiger partial charge in [0, 0.05) is 10.0 Å². The molecule has 0 spiro atoms. The molecule has 0 amide bonds. The van der Waals surface area contributed by atoms with Crippen LogP contribution in [0.4, 0.5) is 0 Å². The lowest BCUT2D eigenvalue weighted by atomic mass is 10.1. The molecule has 2 aromatic rings. The Balaban J connectivity index is 2.58. The van der Waals surface area contributed by atoms with Crippen LogP contribution in [-0.4, -0.2) is 15.1 Å². The number of aryl methyl sites for hydroxylation is 1. The van der Waals surface area contributed by atoms with Gasteiger partial charge in [0.05, 0.1) is 6.07 Å². The Morgan fingerprint density at radius 1 is 1.38 bits per heavy atom. The first-order valence-corrected chi connectivity index (χ1v) is 5.42. The molecule has 2 rings (SSSR count). The van der Waals surface area contributed by atoms with Gasteiger partial charge in [-0.1, -0.05) is 28.1 Å². The zero-order valence-corrected chi connectivity index (χ0v) is 10.1. The lowest BCUT2D eigenvalue weighted by Gasteiger charge is -2.03. The number of halogens is 1. The number of nitrogens with one attached hydrogen (secondary N) is 1. The summed E-state index contributed by atoms with van der Waals surface area (Å²) in [5.74, 6) is 0.0705. The summed E-state index contributed by atoms with van der Waals surface area (Å²) in [6, 6.07) is 6.61. The molecule has 0 radical (unpaired) electrons. The number of H-pyrrole nitrogens is 1. The lowest BCUT2D eigenvalue weighted by Crippen LogP contribution is -2.06. The maximum Gasteiger partial charge on any atom is 0.254 e. The Labute approximate surface area is 100 Å². The van der Waals surface area contributed by atoms with Crippen molar-refractivity contribution < 1.29 is 5.11 Å². The summed E-state index contributed by atoms with van der Waals surface area (Å²) in [6.45, 7) is 1.96. The van der Waals surface area contributed by atoms with Crippen molar-refractivity contribution in [1.82, 2.24) is 9.97 Å². The number of aromatic amines is 1. The van der Waals surface area contributed by atoms with Crippen LogP contribution >= 0.6 is 15.9 Å². The summed E-state index contributed by atoms with van der Waals surface area (Å²) in [4.78, 5) is 17.6. The quantitative estimate of drug-likeness (QED) is 0.842. The zero-order chi connectivity index (χ0) is 11.7. The summed E-state index contributed by atoms with van der Waals surface area (Å²) >= 11 is 3.40. The van der Waals surface area contributed by atoms with E-state index >= 15 is 0 Å². The molecule has 16 heavy (non-hydrogen) atoms. The van der Waals surface area contributed by atoms with E-state index < -0.39 is 0 Å². The van der Waals surface area contributed by atoms with Gasteiger partial charge in [-0.2, -0.15) is 4.98 Å². The molecule has 0 fully saturated rings. The summed E-state index contributed by atoms with van der Waals surface area (Å²) in [6.07, 6.45) is 0. The van der Waals surface area contributed by atoms with Gasteiger partial charge in [0.15, 0.2) is 0 Å². The number of hydrogen-bond donors (Lipinski definition) is 2. The Bertz CT molecular complexity index is 593. The van der Waals surface area contributed by atoms with Gasteiger partial charge in [-0.3, -0.25) is 4.79 Å². The van der Waals surface area contributed by atoms with Gasteiger partial charge in [-0.05, 0) is 18.6 Å². The molecule has 0 aliphatic heterocycles. The van der Waals surface area contributed by atoms with Crippen molar-refractivity contribution in [3.05, 3.63) is 44.7 Å². The second kappa shape index (κ2) is 4.09. The molecule has 5 heteroatoms. The molecular formula is C11H9BrN2O2. The van der Waals surface area contributed by atoms with E-state index in [2.05, 4.69) is 25.9 Å². The number of nitrogens with zero attached hydrogens (tertiary/aromatic N) is 1. The predicted octanol–water partition coefficient (Wildman–Crippen LogP) is 2.21. The summed E-state index contributed by atoms with van der Waals surface area (Å²) in [5.41, 5.74) is 1.45. The van der Waals surface area contributed by atoms with Crippen molar-refractivity contribution in [2.24, 2.45) is 0 Å². The maximum atomic E-state index is 11.2. The molecule has 4 nitrogen and oxygen atoms in total. The molecule has 0 saturated heterocycles. The summed E-state index contributed by atoms with van der Waals surface area (Å²) in [7, 11) is 0. The molecular weight excluding hydrogens is 272 g/mol. The minimum Gasteiger partial charge on any atom is -0.493 e. The van der Waals surface area contributed by atoms with Gasteiger partial charge in [0.2, 0.25) is 5.88 Å². The third-order valence-electron chi connectivity index (χ3n) is 2.17. The minimum absolute atomic E-state index is 0.282. The third kappa shape index (κ3) is 2.14. The van der Waals surface area contributed by atoms with Crippen LogP contribution in [0.15, 0.2) is 33.5 Å². The minimum atomic E-state index is -0.376. The topological polar surface area (TPSA) is 66.0 Å². The van der Waals surface area contributed by atoms with Crippen LogP contribution in [0, 0.1) is 6.92 Å². The Hall–Kier alpha value is -1.62. The SMILES string of the molecule is Cc1ccc(-c2nc(O)cc(=O)[nH]2)cc1Br. The van der Waals surface area contributed by atoms with Gasteiger partial charge in [-0.15, -0.1) is 0 Å². The lowest BCUT2D eigenvalue weighted by molar-refractivity contribution is 0.452. The second-order valence-corrected chi connectivity index (χ2v) is 4.27. The normalized spacial score (nSPS) is 10.4. The largest absolute Gasteiger partial charge is 0.493 e. The van der Waals surface area contributed by atoms with Gasteiger partial charge in [0.25, 0.3) is 5.56 Å². The highest BCUT2D eigenvalue weighted by Crippen LogP contribution is 2.23. The monoisotopic (exact) mass is 280 g/mol. The number of aromatic hydroxyl groups is 1. The van der Waals surface area contributed by atoms with E-state index in [1.807, 2.05) is 25.1 Å². The fraction of sp³-hybridized carbons (Fsp3) is 0.0909. The second-order valence-electron chi connectivity index (χ2n) is 3.42. The van der Waals surface area contributed by atoms with Crippen LogP contribution in [0.1, 0.15) is 5.56 Å². The van der Waals surface area contributed by atoms with E-state index in [4.69, 9.17) is 0 Å². The maximum absolute atomic E-state index is 11.2. The Morgan fingerprint density at radius 3 is 2.75 bits per heavy atom. The summed E-state index contributed by atoms with van der Waals surface area (Å²) < 4.78 is 0.927. The van der Waals surface area contributed by atoms with Gasteiger partial charge in [-0.25, -0.2) is 0 Å². The van der Waals surface area contributed by atoms with Crippen LogP contribution in [-0.2, 0) is 0 Å². The van der Waals surface area contributed by atoms with Crippen molar-refractivity contribution in [1.29, 1.82) is 0 Å². The molecule has 82 valence electrons. The predicted molar refractivity (Wildman–Crippen MR) is 64.4 cm³/mol. The standard InChI is InChI=1S/C11H9BrN2O2/c1-6-2-3-7(4-8(6)12)11-13-9(15)5-10(16)14-11/h2-5H,1H3,(H2,13,14,15,16). The highest BCUT2D eigenvalue weighted by atomic mass is 79.9. The Morgan fingerprint density at radius 2 is 2.12 bits per heavy atom. The number of hydrogen-bond acceptors (Lipinski definition) is 3. The first-order valence-electron chi connectivity index (χ1n) is 4.63. The van der Waals surface area contributed by atoms with E-state index in [-0.39, 0.29) is 11.4 Å². The molecule has 0 aliphatic rings. The van der Waals surface area contributed by atoms with E-state index in [0.29, 0.717) is 5.82 Å². The molecule has 2 N–H and O–H groups in total. The Kier molecular flexibility index (Phi) is 2.78. The van der Waals surface area contributed by atoms with Gasteiger partial charge in [0.1, 0.15) is 5.82 Å². The van der Waals surface area contributed by atoms with E-state index in [9.17, 15) is 9.90 Å². The van der Waals surface area contributed by atoms with E-state index in [0.717, 1.165) is 21.7 Å². The number of rotatable bonds is 1. The molecule has 1 aromatic carbocycles.